The van der Waals surface area contributed by atoms with Crippen molar-refractivity contribution in [2.24, 2.45) is 17.8 Å². The standard InChI is InChI=1S/C17H22N2O5/c1-3-10-6-7-11-14(10)16(22)19(15(11)21)9-13(20)18-8-4-5-12(18)17(23)24-2/h3,10-12,14H,1,4-9H2,2H3/t10?,11-,12-,14+/m0/s1. The number of ether oxygens (including phenoxy) is 1. The van der Waals surface area contributed by atoms with Crippen LogP contribution in [0, 0.1) is 17.8 Å². The van der Waals surface area contributed by atoms with E-state index < -0.39 is 12.0 Å². The smallest absolute Gasteiger partial charge is 0.328 e. The molecule has 130 valence electrons. The first kappa shape index (κ1) is 16.7. The predicted octanol–water partition coefficient (Wildman–Crippen LogP) is 0.348. The van der Waals surface area contributed by atoms with Gasteiger partial charge in [-0.05, 0) is 31.6 Å². The van der Waals surface area contributed by atoms with Gasteiger partial charge in [-0.1, -0.05) is 6.08 Å². The van der Waals surface area contributed by atoms with E-state index in [-0.39, 0.29) is 42.0 Å². The van der Waals surface area contributed by atoms with E-state index in [1.165, 1.54) is 12.0 Å². The molecule has 1 aliphatic carbocycles. The Kier molecular flexibility index (Phi) is 4.43. The van der Waals surface area contributed by atoms with Crippen molar-refractivity contribution >= 4 is 23.7 Å². The Morgan fingerprint density at radius 3 is 2.67 bits per heavy atom. The number of methoxy groups -OCH3 is 1. The molecule has 3 amide bonds. The highest BCUT2D eigenvalue weighted by Crippen LogP contribution is 2.44. The van der Waals surface area contributed by atoms with Crippen LogP contribution in [0.1, 0.15) is 25.7 Å². The minimum Gasteiger partial charge on any atom is -0.467 e. The first-order valence-corrected chi connectivity index (χ1v) is 8.34. The van der Waals surface area contributed by atoms with E-state index in [1.54, 1.807) is 6.08 Å². The number of allylic oxidation sites excluding steroid dienone is 1. The van der Waals surface area contributed by atoms with E-state index in [9.17, 15) is 19.2 Å². The van der Waals surface area contributed by atoms with E-state index in [2.05, 4.69) is 6.58 Å². The molecule has 1 saturated carbocycles. The molecule has 0 aromatic heterocycles. The summed E-state index contributed by atoms with van der Waals surface area (Å²) in [6.45, 7) is 3.89. The van der Waals surface area contributed by atoms with Crippen LogP contribution in [0.5, 0.6) is 0 Å². The van der Waals surface area contributed by atoms with E-state index >= 15 is 0 Å². The minimum atomic E-state index is -0.615. The third-order valence-electron chi connectivity index (χ3n) is 5.48. The van der Waals surface area contributed by atoms with Crippen molar-refractivity contribution in [3.8, 4) is 0 Å². The SMILES string of the molecule is C=CC1CC[C@@H]2C(=O)N(CC(=O)N3CCC[C@H]3C(=O)OC)C(=O)[C@H]12. The van der Waals surface area contributed by atoms with Crippen molar-refractivity contribution in [3.05, 3.63) is 12.7 Å². The highest BCUT2D eigenvalue weighted by Gasteiger charge is 2.54. The topological polar surface area (TPSA) is 84.0 Å². The maximum Gasteiger partial charge on any atom is 0.328 e. The Hall–Kier alpha value is -2.18. The summed E-state index contributed by atoms with van der Waals surface area (Å²) in [5.41, 5.74) is 0. The van der Waals surface area contributed by atoms with Crippen LogP contribution in [0.2, 0.25) is 0 Å². The van der Waals surface area contributed by atoms with Gasteiger partial charge in [-0.2, -0.15) is 0 Å². The van der Waals surface area contributed by atoms with Gasteiger partial charge in [0.25, 0.3) is 0 Å². The second kappa shape index (κ2) is 6.37. The fraction of sp³-hybridized carbons (Fsp3) is 0.647. The number of hydrogen-bond acceptors (Lipinski definition) is 5. The van der Waals surface area contributed by atoms with Crippen molar-refractivity contribution in [1.82, 2.24) is 9.80 Å². The van der Waals surface area contributed by atoms with Crippen molar-refractivity contribution in [3.63, 3.8) is 0 Å². The molecule has 0 radical (unpaired) electrons. The molecular weight excluding hydrogens is 312 g/mol. The molecule has 3 rings (SSSR count). The average molecular weight is 334 g/mol. The number of imide groups is 1. The fourth-order valence-electron chi connectivity index (χ4n) is 4.24. The van der Waals surface area contributed by atoms with Crippen LogP contribution >= 0.6 is 0 Å². The van der Waals surface area contributed by atoms with Crippen molar-refractivity contribution in [1.29, 1.82) is 0 Å². The van der Waals surface area contributed by atoms with Crippen LogP contribution in [0.25, 0.3) is 0 Å². The van der Waals surface area contributed by atoms with Gasteiger partial charge in [0.2, 0.25) is 17.7 Å². The molecule has 2 aliphatic heterocycles. The van der Waals surface area contributed by atoms with Gasteiger partial charge < -0.3 is 9.64 Å². The zero-order chi connectivity index (χ0) is 17.4. The summed E-state index contributed by atoms with van der Waals surface area (Å²) in [6, 6.07) is -0.615. The largest absolute Gasteiger partial charge is 0.467 e. The molecule has 0 bridgehead atoms. The maximum absolute atomic E-state index is 12.6. The van der Waals surface area contributed by atoms with Gasteiger partial charge in [-0.25, -0.2) is 4.79 Å². The van der Waals surface area contributed by atoms with Gasteiger partial charge in [0.05, 0.1) is 18.9 Å². The monoisotopic (exact) mass is 334 g/mol. The zero-order valence-corrected chi connectivity index (χ0v) is 13.8. The Morgan fingerprint density at radius 1 is 1.25 bits per heavy atom. The van der Waals surface area contributed by atoms with Gasteiger partial charge in [0.1, 0.15) is 12.6 Å². The molecule has 3 aliphatic rings. The number of esters is 1. The molecule has 0 aromatic carbocycles. The van der Waals surface area contributed by atoms with E-state index in [4.69, 9.17) is 4.74 Å². The Labute approximate surface area is 140 Å². The van der Waals surface area contributed by atoms with E-state index in [0.717, 1.165) is 11.3 Å². The number of hydrogen-bond donors (Lipinski definition) is 0. The minimum absolute atomic E-state index is 0.00107. The third-order valence-corrected chi connectivity index (χ3v) is 5.48. The number of carbonyl (C=O) groups excluding carboxylic acids is 4. The molecule has 7 heteroatoms. The third kappa shape index (κ3) is 2.52. The fourth-order valence-corrected chi connectivity index (χ4v) is 4.24. The van der Waals surface area contributed by atoms with Gasteiger partial charge in [0, 0.05) is 6.54 Å². The highest BCUT2D eigenvalue weighted by atomic mass is 16.5. The first-order chi connectivity index (χ1) is 11.5. The lowest BCUT2D eigenvalue weighted by atomic mass is 9.92. The van der Waals surface area contributed by atoms with E-state index in [0.29, 0.717) is 25.8 Å². The highest BCUT2D eigenvalue weighted by molar-refractivity contribution is 6.08. The number of likely N-dealkylation sites (tertiary alicyclic amines) is 2. The zero-order valence-electron chi connectivity index (χ0n) is 13.8. The second-order valence-corrected chi connectivity index (χ2v) is 6.64. The molecule has 3 fully saturated rings. The first-order valence-electron chi connectivity index (χ1n) is 8.34. The van der Waals surface area contributed by atoms with Gasteiger partial charge in [-0.15, -0.1) is 6.58 Å². The molecule has 2 heterocycles. The lowest BCUT2D eigenvalue weighted by molar-refractivity contribution is -0.153. The number of rotatable bonds is 4. The molecule has 0 spiro atoms. The van der Waals surface area contributed by atoms with Gasteiger partial charge in [0.15, 0.2) is 0 Å². The molecule has 1 unspecified atom stereocenters. The molecule has 7 nitrogen and oxygen atoms in total. The van der Waals surface area contributed by atoms with Crippen LogP contribution in [0.3, 0.4) is 0 Å². The Morgan fingerprint density at radius 2 is 2.00 bits per heavy atom. The summed E-state index contributed by atoms with van der Waals surface area (Å²) in [5.74, 6) is -2.09. The van der Waals surface area contributed by atoms with Crippen LogP contribution in [-0.2, 0) is 23.9 Å². The van der Waals surface area contributed by atoms with Crippen molar-refractivity contribution in [2.75, 3.05) is 20.2 Å². The Bertz CT molecular complexity index is 602. The second-order valence-electron chi connectivity index (χ2n) is 6.64. The van der Waals surface area contributed by atoms with Crippen LogP contribution in [0.15, 0.2) is 12.7 Å². The normalized spacial score (nSPS) is 32.2. The van der Waals surface area contributed by atoms with Crippen LogP contribution in [-0.4, -0.2) is 59.7 Å². The number of fused-ring (bicyclic) bond motifs is 1. The van der Waals surface area contributed by atoms with Crippen molar-refractivity contribution < 1.29 is 23.9 Å². The molecular formula is C17H22N2O5. The predicted molar refractivity (Wildman–Crippen MR) is 83.4 cm³/mol. The van der Waals surface area contributed by atoms with Crippen LogP contribution < -0.4 is 0 Å². The summed E-state index contributed by atoms with van der Waals surface area (Å²) in [7, 11) is 1.29. The number of amides is 3. The lowest BCUT2D eigenvalue weighted by Crippen LogP contribution is -2.47. The van der Waals surface area contributed by atoms with Gasteiger partial charge in [-0.3, -0.25) is 19.3 Å². The lowest BCUT2D eigenvalue weighted by Gasteiger charge is -2.25. The molecule has 2 saturated heterocycles. The summed E-state index contributed by atoms with van der Waals surface area (Å²) in [5, 5.41) is 0. The molecule has 0 N–H and O–H groups in total. The summed E-state index contributed by atoms with van der Waals surface area (Å²) in [6.07, 6.45) is 4.43. The number of nitrogens with zero attached hydrogens (tertiary/aromatic N) is 2. The average Bonchev–Trinajstić information content (AvgIpc) is 3.27. The molecule has 24 heavy (non-hydrogen) atoms. The van der Waals surface area contributed by atoms with Gasteiger partial charge >= 0.3 is 5.97 Å². The summed E-state index contributed by atoms with van der Waals surface area (Å²) in [4.78, 5) is 51.9. The Balaban J connectivity index is 1.71. The van der Waals surface area contributed by atoms with Crippen LogP contribution in [0.4, 0.5) is 0 Å². The molecule has 4 atom stereocenters. The maximum atomic E-state index is 12.6. The molecule has 0 aromatic rings. The summed E-state index contributed by atoms with van der Waals surface area (Å²) >= 11 is 0. The quantitative estimate of drug-likeness (QED) is 0.421. The number of carbonyl (C=O) groups is 4. The van der Waals surface area contributed by atoms with E-state index in [1.807, 2.05) is 0 Å². The summed E-state index contributed by atoms with van der Waals surface area (Å²) < 4.78 is 4.72. The van der Waals surface area contributed by atoms with Crippen molar-refractivity contribution in [2.45, 2.75) is 31.7 Å².